The Morgan fingerprint density at radius 2 is 1.95 bits per heavy atom. The predicted octanol–water partition coefficient (Wildman–Crippen LogP) is 2.06. The van der Waals surface area contributed by atoms with E-state index in [4.69, 9.17) is 5.73 Å². The van der Waals surface area contributed by atoms with E-state index in [0.717, 1.165) is 18.6 Å². The highest BCUT2D eigenvalue weighted by atomic mass is 19.4. The van der Waals surface area contributed by atoms with Crippen LogP contribution >= 0.6 is 0 Å². The van der Waals surface area contributed by atoms with Crippen molar-refractivity contribution in [2.75, 3.05) is 19.6 Å². The zero-order valence-electron chi connectivity index (χ0n) is 11.0. The number of halogens is 3. The van der Waals surface area contributed by atoms with Crippen molar-refractivity contribution in [2.45, 2.75) is 19.0 Å². The maximum atomic E-state index is 12.4. The number of carbonyl (C=O) groups is 1. The van der Waals surface area contributed by atoms with Crippen molar-refractivity contribution in [3.8, 4) is 0 Å². The molecule has 1 aromatic carbocycles. The Morgan fingerprint density at radius 3 is 2.45 bits per heavy atom. The van der Waals surface area contributed by atoms with Gasteiger partial charge in [0.25, 0.3) is 0 Å². The fraction of sp³-hybridized carbons (Fsp3) is 0.500. The maximum Gasteiger partial charge on any atom is 0.416 e. The Morgan fingerprint density at radius 1 is 1.30 bits per heavy atom. The minimum Gasteiger partial charge on any atom is -0.342 e. The standard InChI is InChI=1S/C14H17F3N2O/c15-14(16,17)12-3-1-10(2-4-12)7-13(20)19-6-5-11(8-18)9-19/h1-4,11H,5-9,18H2. The summed E-state index contributed by atoms with van der Waals surface area (Å²) in [6.45, 7) is 1.89. The molecule has 6 heteroatoms. The minimum atomic E-state index is -4.34. The van der Waals surface area contributed by atoms with E-state index in [1.54, 1.807) is 4.90 Å². The van der Waals surface area contributed by atoms with E-state index in [1.165, 1.54) is 12.1 Å². The van der Waals surface area contributed by atoms with Crippen LogP contribution in [0.2, 0.25) is 0 Å². The van der Waals surface area contributed by atoms with Crippen molar-refractivity contribution in [1.29, 1.82) is 0 Å². The first-order valence-electron chi connectivity index (χ1n) is 6.54. The fourth-order valence-corrected chi connectivity index (χ4v) is 2.35. The lowest BCUT2D eigenvalue weighted by molar-refractivity contribution is -0.137. The van der Waals surface area contributed by atoms with Gasteiger partial charge >= 0.3 is 6.18 Å². The smallest absolute Gasteiger partial charge is 0.342 e. The van der Waals surface area contributed by atoms with Gasteiger partial charge in [-0.2, -0.15) is 13.2 Å². The Balaban J connectivity index is 1.95. The highest BCUT2D eigenvalue weighted by Crippen LogP contribution is 2.29. The van der Waals surface area contributed by atoms with Crippen molar-refractivity contribution >= 4 is 5.91 Å². The van der Waals surface area contributed by atoms with Gasteiger partial charge in [0.2, 0.25) is 5.91 Å². The van der Waals surface area contributed by atoms with E-state index in [1.807, 2.05) is 0 Å². The van der Waals surface area contributed by atoms with Gasteiger partial charge < -0.3 is 10.6 Å². The number of alkyl halides is 3. The first-order valence-corrected chi connectivity index (χ1v) is 6.54. The van der Waals surface area contributed by atoms with E-state index in [9.17, 15) is 18.0 Å². The number of nitrogens with zero attached hydrogens (tertiary/aromatic N) is 1. The summed E-state index contributed by atoms with van der Waals surface area (Å²) in [4.78, 5) is 13.8. The second kappa shape index (κ2) is 5.83. The third-order valence-corrected chi connectivity index (χ3v) is 3.61. The number of amides is 1. The van der Waals surface area contributed by atoms with Crippen LogP contribution in [-0.2, 0) is 17.4 Å². The van der Waals surface area contributed by atoms with Crippen molar-refractivity contribution in [3.05, 3.63) is 35.4 Å². The van der Waals surface area contributed by atoms with Crippen LogP contribution in [0.25, 0.3) is 0 Å². The van der Waals surface area contributed by atoms with E-state index >= 15 is 0 Å². The van der Waals surface area contributed by atoms with Gasteiger partial charge in [-0.25, -0.2) is 0 Å². The Bertz CT molecular complexity index is 470. The average molecular weight is 286 g/mol. The first-order chi connectivity index (χ1) is 9.40. The number of hydrogen-bond donors (Lipinski definition) is 1. The summed E-state index contributed by atoms with van der Waals surface area (Å²) in [7, 11) is 0. The monoisotopic (exact) mass is 286 g/mol. The molecule has 1 aromatic rings. The molecule has 1 amide bonds. The van der Waals surface area contributed by atoms with Crippen LogP contribution in [0.3, 0.4) is 0 Å². The van der Waals surface area contributed by atoms with Gasteiger partial charge in [-0.05, 0) is 36.6 Å². The highest BCUT2D eigenvalue weighted by molar-refractivity contribution is 5.79. The van der Waals surface area contributed by atoms with Crippen LogP contribution in [0, 0.1) is 5.92 Å². The van der Waals surface area contributed by atoms with Crippen molar-refractivity contribution in [2.24, 2.45) is 11.7 Å². The average Bonchev–Trinajstić information content (AvgIpc) is 2.87. The maximum absolute atomic E-state index is 12.4. The molecule has 0 saturated carbocycles. The molecule has 1 atom stereocenters. The quantitative estimate of drug-likeness (QED) is 0.924. The van der Waals surface area contributed by atoms with E-state index in [2.05, 4.69) is 0 Å². The van der Waals surface area contributed by atoms with Crippen LogP contribution in [0.5, 0.6) is 0 Å². The molecule has 1 aliphatic heterocycles. The third kappa shape index (κ3) is 3.50. The van der Waals surface area contributed by atoms with Crippen LogP contribution < -0.4 is 5.73 Å². The fourth-order valence-electron chi connectivity index (χ4n) is 2.35. The lowest BCUT2D eigenvalue weighted by Gasteiger charge is -2.16. The summed E-state index contributed by atoms with van der Waals surface area (Å²) < 4.78 is 37.3. The van der Waals surface area contributed by atoms with Crippen LogP contribution in [0.4, 0.5) is 13.2 Å². The third-order valence-electron chi connectivity index (χ3n) is 3.61. The van der Waals surface area contributed by atoms with Gasteiger partial charge in [0, 0.05) is 13.1 Å². The lowest BCUT2D eigenvalue weighted by Crippen LogP contribution is -2.31. The van der Waals surface area contributed by atoms with Gasteiger partial charge in [0.15, 0.2) is 0 Å². The number of rotatable bonds is 3. The summed E-state index contributed by atoms with van der Waals surface area (Å²) in [6.07, 6.45) is -3.31. The largest absolute Gasteiger partial charge is 0.416 e. The number of likely N-dealkylation sites (tertiary alicyclic amines) is 1. The van der Waals surface area contributed by atoms with Gasteiger partial charge in [0.1, 0.15) is 0 Å². The predicted molar refractivity (Wildman–Crippen MR) is 68.9 cm³/mol. The summed E-state index contributed by atoms with van der Waals surface area (Å²) >= 11 is 0. The highest BCUT2D eigenvalue weighted by Gasteiger charge is 2.30. The Kier molecular flexibility index (Phi) is 4.32. The molecule has 2 N–H and O–H groups in total. The van der Waals surface area contributed by atoms with Crippen molar-refractivity contribution in [3.63, 3.8) is 0 Å². The molecule has 20 heavy (non-hydrogen) atoms. The Labute approximate surface area is 115 Å². The molecular weight excluding hydrogens is 269 g/mol. The molecule has 0 bridgehead atoms. The van der Waals surface area contributed by atoms with Gasteiger partial charge in [0.05, 0.1) is 12.0 Å². The van der Waals surface area contributed by atoms with E-state index < -0.39 is 11.7 Å². The molecule has 0 radical (unpaired) electrons. The second-order valence-corrected chi connectivity index (χ2v) is 5.10. The molecule has 1 saturated heterocycles. The minimum absolute atomic E-state index is 0.0549. The summed E-state index contributed by atoms with van der Waals surface area (Å²) in [5, 5.41) is 0. The summed E-state index contributed by atoms with van der Waals surface area (Å²) in [6, 6.07) is 4.74. The number of nitrogens with two attached hydrogens (primary N) is 1. The molecule has 1 heterocycles. The van der Waals surface area contributed by atoms with E-state index in [-0.39, 0.29) is 12.3 Å². The second-order valence-electron chi connectivity index (χ2n) is 5.10. The molecule has 0 spiro atoms. The molecule has 0 aromatic heterocycles. The molecule has 0 aliphatic carbocycles. The number of benzene rings is 1. The molecule has 2 rings (SSSR count). The topological polar surface area (TPSA) is 46.3 Å². The van der Waals surface area contributed by atoms with Gasteiger partial charge in [-0.15, -0.1) is 0 Å². The first kappa shape index (κ1) is 14.8. The van der Waals surface area contributed by atoms with Crippen molar-refractivity contribution in [1.82, 2.24) is 4.90 Å². The van der Waals surface area contributed by atoms with Gasteiger partial charge in [-0.3, -0.25) is 4.79 Å². The SMILES string of the molecule is NCC1CCN(C(=O)Cc2ccc(C(F)(F)F)cc2)C1. The lowest BCUT2D eigenvalue weighted by atomic mass is 10.1. The number of hydrogen-bond acceptors (Lipinski definition) is 2. The van der Waals surface area contributed by atoms with Crippen LogP contribution in [-0.4, -0.2) is 30.4 Å². The normalized spacial score (nSPS) is 19.4. The molecular formula is C14H17F3N2O. The zero-order valence-corrected chi connectivity index (χ0v) is 11.0. The molecule has 110 valence electrons. The summed E-state index contributed by atoms with van der Waals surface area (Å²) in [5.74, 6) is 0.285. The van der Waals surface area contributed by atoms with Gasteiger partial charge in [-0.1, -0.05) is 12.1 Å². The Hall–Kier alpha value is -1.56. The molecule has 3 nitrogen and oxygen atoms in total. The molecule has 1 fully saturated rings. The van der Waals surface area contributed by atoms with Crippen LogP contribution in [0.1, 0.15) is 17.5 Å². The van der Waals surface area contributed by atoms with E-state index in [0.29, 0.717) is 31.1 Å². The summed E-state index contributed by atoms with van der Waals surface area (Å²) in [5.41, 5.74) is 5.46. The zero-order chi connectivity index (χ0) is 14.8. The van der Waals surface area contributed by atoms with Crippen molar-refractivity contribution < 1.29 is 18.0 Å². The number of carbonyl (C=O) groups excluding carboxylic acids is 1. The van der Waals surface area contributed by atoms with Crippen LogP contribution in [0.15, 0.2) is 24.3 Å². The molecule has 1 unspecified atom stereocenters. The molecule has 1 aliphatic rings.